The van der Waals surface area contributed by atoms with E-state index in [2.05, 4.69) is 20.4 Å². The lowest BCUT2D eigenvalue weighted by Gasteiger charge is -2.01. The summed E-state index contributed by atoms with van der Waals surface area (Å²) in [5, 5.41) is 16.6. The van der Waals surface area contributed by atoms with Gasteiger partial charge in [0.25, 0.3) is 0 Å². The number of rotatable bonds is 5. The number of hydrogen-bond acceptors (Lipinski definition) is 8. The van der Waals surface area contributed by atoms with Crippen LogP contribution in [-0.2, 0) is 22.7 Å². The van der Waals surface area contributed by atoms with Crippen LogP contribution in [0.1, 0.15) is 5.01 Å². The topological polar surface area (TPSA) is 82.8 Å². The summed E-state index contributed by atoms with van der Waals surface area (Å²) in [4.78, 5) is 17.6. The van der Waals surface area contributed by atoms with Gasteiger partial charge in [0, 0.05) is 10.9 Å². The Labute approximate surface area is 144 Å². The quantitative estimate of drug-likeness (QED) is 0.511. The zero-order valence-corrected chi connectivity index (χ0v) is 14.0. The fourth-order valence-electron chi connectivity index (χ4n) is 2.10. The number of ether oxygens (including phenoxy) is 1. The van der Waals surface area contributed by atoms with Crippen LogP contribution in [-0.4, -0.2) is 31.2 Å². The van der Waals surface area contributed by atoms with Crippen molar-refractivity contribution in [3.63, 3.8) is 0 Å². The maximum absolute atomic E-state index is 11.9. The van der Waals surface area contributed by atoms with Gasteiger partial charge in [-0.25, -0.2) is 9.78 Å². The Morgan fingerprint density at radius 3 is 3.00 bits per heavy atom. The van der Waals surface area contributed by atoms with Gasteiger partial charge in [-0.3, -0.25) is 0 Å². The highest BCUT2D eigenvalue weighted by Gasteiger charge is 2.12. The van der Waals surface area contributed by atoms with E-state index in [0.29, 0.717) is 5.82 Å². The van der Waals surface area contributed by atoms with Crippen LogP contribution in [0.5, 0.6) is 0 Å². The summed E-state index contributed by atoms with van der Waals surface area (Å²) in [5.41, 5.74) is 1.79. The lowest BCUT2D eigenvalue weighted by atomic mass is 10.3. The Bertz CT molecular complexity index is 944. The molecule has 0 saturated carbocycles. The van der Waals surface area contributed by atoms with E-state index in [1.165, 1.54) is 16.1 Å². The van der Waals surface area contributed by atoms with Gasteiger partial charge in [-0.05, 0) is 28.8 Å². The average Bonchev–Trinajstić information content (AvgIpc) is 3.32. The number of thiazole rings is 1. The summed E-state index contributed by atoms with van der Waals surface area (Å²) < 4.78 is 6.32. The molecule has 3 heterocycles. The third-order valence-corrected chi connectivity index (χ3v) is 4.89. The number of para-hydroxylation sites is 1. The second kappa shape index (κ2) is 6.46. The number of carbonyl (C=O) groups is 1. The highest BCUT2D eigenvalue weighted by molar-refractivity contribution is 7.18. The summed E-state index contributed by atoms with van der Waals surface area (Å²) in [6.45, 7) is 0.0618. The lowest BCUT2D eigenvalue weighted by Crippen LogP contribution is -2.15. The van der Waals surface area contributed by atoms with E-state index in [4.69, 9.17) is 4.74 Å². The standard InChI is InChI=1S/C15H11N5O2S2/c21-14(7-20-18-15(17-19-20)10-5-6-23-9-10)22-8-13-16-11-3-1-2-4-12(11)24-13/h1-6,9H,7-8H2. The lowest BCUT2D eigenvalue weighted by molar-refractivity contribution is -0.146. The molecular formula is C15H11N5O2S2. The molecular weight excluding hydrogens is 346 g/mol. The van der Waals surface area contributed by atoms with Crippen molar-refractivity contribution >= 4 is 38.9 Å². The molecule has 0 aliphatic rings. The summed E-state index contributed by atoms with van der Waals surface area (Å²) >= 11 is 3.06. The van der Waals surface area contributed by atoms with Crippen LogP contribution in [0.3, 0.4) is 0 Å². The molecule has 9 heteroatoms. The van der Waals surface area contributed by atoms with Gasteiger partial charge in [-0.2, -0.15) is 16.1 Å². The van der Waals surface area contributed by atoms with Gasteiger partial charge in [0.1, 0.15) is 11.6 Å². The molecule has 4 rings (SSSR count). The molecule has 0 radical (unpaired) electrons. The van der Waals surface area contributed by atoms with E-state index >= 15 is 0 Å². The Morgan fingerprint density at radius 1 is 1.25 bits per heavy atom. The minimum atomic E-state index is -0.427. The van der Waals surface area contributed by atoms with E-state index < -0.39 is 5.97 Å². The Kier molecular flexibility index (Phi) is 4.01. The zero-order valence-electron chi connectivity index (χ0n) is 12.3. The van der Waals surface area contributed by atoms with Gasteiger partial charge in [0.05, 0.1) is 10.2 Å². The molecule has 24 heavy (non-hydrogen) atoms. The number of fused-ring (bicyclic) bond motifs is 1. The van der Waals surface area contributed by atoms with E-state index in [1.807, 2.05) is 41.1 Å². The van der Waals surface area contributed by atoms with Crippen LogP contribution in [0.2, 0.25) is 0 Å². The first-order chi connectivity index (χ1) is 11.8. The van der Waals surface area contributed by atoms with Gasteiger partial charge < -0.3 is 4.74 Å². The average molecular weight is 357 g/mol. The van der Waals surface area contributed by atoms with Crippen LogP contribution in [0.25, 0.3) is 21.6 Å². The maximum Gasteiger partial charge on any atom is 0.330 e. The SMILES string of the molecule is O=C(Cn1nnc(-c2ccsc2)n1)OCc1nc2ccccc2s1. The van der Waals surface area contributed by atoms with Crippen molar-refractivity contribution in [3.05, 3.63) is 46.1 Å². The van der Waals surface area contributed by atoms with Crippen LogP contribution in [0, 0.1) is 0 Å². The molecule has 0 unspecified atom stereocenters. The third-order valence-electron chi connectivity index (χ3n) is 3.20. The number of hydrogen-bond donors (Lipinski definition) is 0. The Balaban J connectivity index is 1.36. The first kappa shape index (κ1) is 14.9. The van der Waals surface area contributed by atoms with Crippen LogP contribution >= 0.6 is 22.7 Å². The van der Waals surface area contributed by atoms with Crippen LogP contribution < -0.4 is 0 Å². The Hall–Kier alpha value is -2.65. The molecule has 4 aromatic rings. The highest BCUT2D eigenvalue weighted by atomic mass is 32.1. The summed E-state index contributed by atoms with van der Waals surface area (Å²) in [6.07, 6.45) is 0. The van der Waals surface area contributed by atoms with Crippen LogP contribution in [0.4, 0.5) is 0 Å². The predicted molar refractivity (Wildman–Crippen MR) is 90.5 cm³/mol. The summed E-state index contributed by atoms with van der Waals surface area (Å²) in [6, 6.07) is 9.71. The molecule has 0 saturated heterocycles. The van der Waals surface area contributed by atoms with Gasteiger partial charge >= 0.3 is 5.97 Å². The van der Waals surface area contributed by atoms with Crippen molar-refractivity contribution in [1.29, 1.82) is 0 Å². The van der Waals surface area contributed by atoms with Crippen molar-refractivity contribution in [2.24, 2.45) is 0 Å². The zero-order chi connectivity index (χ0) is 16.4. The summed E-state index contributed by atoms with van der Waals surface area (Å²) in [5.74, 6) is 0.0683. The van der Waals surface area contributed by atoms with Gasteiger partial charge in [-0.15, -0.1) is 21.5 Å². The molecule has 0 atom stereocenters. The first-order valence-electron chi connectivity index (χ1n) is 7.08. The van der Waals surface area contributed by atoms with Crippen molar-refractivity contribution in [1.82, 2.24) is 25.2 Å². The van der Waals surface area contributed by atoms with Gasteiger partial charge in [0.15, 0.2) is 6.54 Å². The fraction of sp³-hybridized carbons (Fsp3) is 0.133. The van der Waals surface area contributed by atoms with Gasteiger partial charge in [-0.1, -0.05) is 12.1 Å². The molecule has 3 aromatic heterocycles. The number of nitrogens with zero attached hydrogens (tertiary/aromatic N) is 5. The number of tetrazole rings is 1. The van der Waals surface area contributed by atoms with Crippen molar-refractivity contribution in [2.45, 2.75) is 13.2 Å². The van der Waals surface area contributed by atoms with E-state index in [1.54, 1.807) is 11.3 Å². The third kappa shape index (κ3) is 3.17. The first-order valence-corrected chi connectivity index (χ1v) is 8.84. The second-order valence-electron chi connectivity index (χ2n) is 4.89. The molecule has 0 fully saturated rings. The second-order valence-corrected chi connectivity index (χ2v) is 6.79. The van der Waals surface area contributed by atoms with E-state index in [9.17, 15) is 4.79 Å². The molecule has 0 bridgehead atoms. The minimum Gasteiger partial charge on any atom is -0.457 e. The number of aromatic nitrogens is 5. The minimum absolute atomic E-state index is 0.0813. The highest BCUT2D eigenvalue weighted by Crippen LogP contribution is 2.22. The molecule has 7 nitrogen and oxygen atoms in total. The normalized spacial score (nSPS) is 11.0. The molecule has 0 amide bonds. The molecule has 0 aliphatic heterocycles. The van der Waals surface area contributed by atoms with E-state index in [-0.39, 0.29) is 13.2 Å². The largest absolute Gasteiger partial charge is 0.457 e. The molecule has 120 valence electrons. The van der Waals surface area contributed by atoms with Crippen molar-refractivity contribution in [3.8, 4) is 11.4 Å². The fourth-order valence-corrected chi connectivity index (χ4v) is 3.62. The van der Waals surface area contributed by atoms with Gasteiger partial charge in [0.2, 0.25) is 5.82 Å². The number of carbonyl (C=O) groups excluding carboxylic acids is 1. The van der Waals surface area contributed by atoms with Crippen molar-refractivity contribution in [2.75, 3.05) is 0 Å². The maximum atomic E-state index is 11.9. The summed E-state index contributed by atoms with van der Waals surface area (Å²) in [7, 11) is 0. The molecule has 0 N–H and O–H groups in total. The smallest absolute Gasteiger partial charge is 0.330 e. The van der Waals surface area contributed by atoms with E-state index in [0.717, 1.165) is 20.8 Å². The number of esters is 1. The van der Waals surface area contributed by atoms with Crippen LogP contribution in [0.15, 0.2) is 41.1 Å². The van der Waals surface area contributed by atoms with Crippen molar-refractivity contribution < 1.29 is 9.53 Å². The predicted octanol–water partition coefficient (Wildman–Crippen LogP) is 2.75. The monoisotopic (exact) mass is 357 g/mol. The number of benzene rings is 1. The molecule has 0 spiro atoms. The number of thiophene rings is 1. The molecule has 1 aromatic carbocycles. The molecule has 0 aliphatic carbocycles. The Morgan fingerprint density at radius 2 is 2.17 bits per heavy atom.